The van der Waals surface area contributed by atoms with Crippen LogP contribution in [-0.2, 0) is 181 Å². The second kappa shape index (κ2) is 60.5. The molecule has 3 aliphatic rings. The average Bonchev–Trinajstić information content (AvgIpc) is 0.768. The normalized spacial score (nSPS) is 21.9. The van der Waals surface area contributed by atoms with Gasteiger partial charge in [-0.2, -0.15) is 8.78 Å². The van der Waals surface area contributed by atoms with Gasteiger partial charge in [-0.3, -0.25) is 81.5 Å². The number of hydrogen-bond donors (Lipinski definition) is 7. The Labute approximate surface area is 755 Å². The third kappa shape index (κ3) is 43.4. The lowest BCUT2D eigenvalue weighted by atomic mass is 9.83. The van der Waals surface area contributed by atoms with Crippen molar-refractivity contribution in [3.63, 3.8) is 0 Å². The topological polar surface area (TPSA) is 577 Å². The lowest BCUT2D eigenvalue weighted by Crippen LogP contribution is -2.66. The molecule has 15 atom stereocenters. The maximum atomic E-state index is 14.5. The summed E-state index contributed by atoms with van der Waals surface area (Å²) in [5.74, 6) is -27.3. The van der Waals surface area contributed by atoms with Crippen LogP contribution in [0.2, 0.25) is 0 Å². The number of benzene rings is 1. The fraction of sp³-hybridized carbons (Fsp3) is 0.716. The molecular weight excluding hydrogens is 1790 g/mol. The number of carbonyl (C=O) groups excluding carboxylic acids is 17. The van der Waals surface area contributed by atoms with Crippen molar-refractivity contribution >= 4 is 101 Å². The molecule has 3 fully saturated rings. The maximum Gasteiger partial charge on any atom is 0.311 e. The Morgan fingerprint density at radius 2 is 0.561 bits per heavy atom. The molecule has 46 nitrogen and oxygen atoms in total. The van der Waals surface area contributed by atoms with Gasteiger partial charge in [-0.25, -0.2) is 13.2 Å². The first-order valence-electron chi connectivity index (χ1n) is 41.9. The minimum Gasteiger partial charge on any atom is -0.463 e. The summed E-state index contributed by atoms with van der Waals surface area (Å²) in [6.07, 6.45) is -20.2. The fourth-order valence-electron chi connectivity index (χ4n) is 13.2. The van der Waals surface area contributed by atoms with Gasteiger partial charge in [0, 0.05) is 140 Å². The predicted molar refractivity (Wildman–Crippen MR) is 428 cm³/mol. The molecule has 0 aliphatic carbocycles. The van der Waals surface area contributed by atoms with E-state index in [4.69, 9.17) is 99.5 Å². The van der Waals surface area contributed by atoms with Gasteiger partial charge in [0.15, 0.2) is 55.5 Å². The van der Waals surface area contributed by atoms with E-state index in [9.17, 15) is 103 Å². The molecule has 0 bridgehead atoms. The van der Waals surface area contributed by atoms with Crippen LogP contribution in [0.15, 0.2) is 0 Å². The standard InChI is InChI=1S/C81H118F5N7O39/c1-43(94)90-68-75(126-52(10)103)71(123-49(7)100)55(40-120-46(4)97)129-78(68)117-37-34-114-31-28-111-25-22-87-58(106)16-19-81(93-61(109)14-13-15-62(110)132-74-66(85)64(83)63(82)65(84)67(74)86,20-17-59(107)88-23-26-112-29-32-115-35-38-118-79-69(91-44(2)95)76(127-53(11)104)72(124-50(8)101)56(130-79)41-121-47(5)98)21-18-60(108)89-24-27-113-30-33-116-36-39-119-80-70(92-45(3)96)77(128-54(12)105)73(125-51(9)102)57(131-80)42-122-48(6)99/h55-57,68-73,75-80H,13-42H2,1-12H3,(H,87,106)(H,88,107)(H,89,108)(H,90,94)(H,91,95)(H,92,96)(H,93,109). The Morgan fingerprint density at radius 1 is 0.303 bits per heavy atom. The molecule has 15 unspecified atom stereocenters. The lowest BCUT2D eigenvalue weighted by Gasteiger charge is -2.44. The van der Waals surface area contributed by atoms with Crippen LogP contribution in [0.3, 0.4) is 0 Å². The molecule has 4 rings (SSSR count). The van der Waals surface area contributed by atoms with E-state index in [1.54, 1.807) is 0 Å². The summed E-state index contributed by atoms with van der Waals surface area (Å²) in [7, 11) is 0. The van der Waals surface area contributed by atoms with Gasteiger partial charge in [-0.1, -0.05) is 0 Å². The zero-order chi connectivity index (χ0) is 98.2. The number of rotatable bonds is 60. The number of nitrogens with one attached hydrogen (secondary N) is 7. The predicted octanol–water partition coefficient (Wildman–Crippen LogP) is -0.880. The van der Waals surface area contributed by atoms with Crippen LogP contribution in [0.25, 0.3) is 0 Å². The Bertz CT molecular complexity index is 3650. The summed E-state index contributed by atoms with van der Waals surface area (Å²) < 4.78 is 193. The molecule has 7 N–H and O–H groups in total. The molecule has 3 heterocycles. The smallest absolute Gasteiger partial charge is 0.311 e. The lowest BCUT2D eigenvalue weighted by molar-refractivity contribution is -0.279. The number of ether oxygens (including phenoxy) is 22. The van der Waals surface area contributed by atoms with E-state index in [1.165, 1.54) is 0 Å². The highest BCUT2D eigenvalue weighted by Crippen LogP contribution is 2.34. The Morgan fingerprint density at radius 3 is 0.826 bits per heavy atom. The zero-order valence-electron chi connectivity index (χ0n) is 75.2. The van der Waals surface area contributed by atoms with Crippen molar-refractivity contribution in [1.29, 1.82) is 0 Å². The molecule has 0 saturated carbocycles. The summed E-state index contributed by atoms with van der Waals surface area (Å²) >= 11 is 0. The SMILES string of the molecule is CC(=O)NC1C(OCCOCCOCCNC(=O)CCC(CCC(=O)NCCOCCOCCOC2OC(COC(C)=O)C(OC(C)=O)C(OC(C)=O)C2NC(C)=O)(CCC(=O)NCCOCCOCCOC2OC(COC(C)=O)C(OC(C)=O)C(OC(C)=O)C2NC(C)=O)NC(=O)CCCC(=O)Oc2c(F)c(F)c(F)c(F)c2F)OC(COC(C)=O)C(OC(C)=O)C1OC(C)=O. The molecule has 1 aromatic rings. The van der Waals surface area contributed by atoms with Crippen LogP contribution in [-0.4, -0.2) is 337 Å². The van der Waals surface area contributed by atoms with Crippen LogP contribution < -0.4 is 42.0 Å². The van der Waals surface area contributed by atoms with Crippen molar-refractivity contribution in [2.24, 2.45) is 0 Å². The van der Waals surface area contributed by atoms with Crippen molar-refractivity contribution in [2.45, 2.75) is 238 Å². The van der Waals surface area contributed by atoms with Gasteiger partial charge < -0.3 is 141 Å². The van der Waals surface area contributed by atoms with E-state index >= 15 is 0 Å². The van der Waals surface area contributed by atoms with Gasteiger partial charge in [0.05, 0.1) is 99.1 Å². The first kappa shape index (κ1) is 114. The average molecular weight is 1910 g/mol. The Hall–Kier alpha value is -10.6. The summed E-state index contributed by atoms with van der Waals surface area (Å²) in [6, 6.07) is -3.75. The van der Waals surface area contributed by atoms with Crippen LogP contribution in [0.1, 0.15) is 141 Å². The Kier molecular flexibility index (Phi) is 52.1. The molecule has 0 spiro atoms. The van der Waals surface area contributed by atoms with Crippen LogP contribution >= 0.6 is 0 Å². The first-order chi connectivity index (χ1) is 62.5. The molecule has 746 valence electrons. The number of esters is 10. The van der Waals surface area contributed by atoms with Crippen molar-refractivity contribution in [1.82, 2.24) is 37.2 Å². The minimum atomic E-state index is -2.52. The first-order valence-corrected chi connectivity index (χ1v) is 41.9. The van der Waals surface area contributed by atoms with Crippen molar-refractivity contribution in [3.05, 3.63) is 29.1 Å². The summed E-state index contributed by atoms with van der Waals surface area (Å²) in [5, 5.41) is 18.5. The van der Waals surface area contributed by atoms with Gasteiger partial charge in [0.1, 0.15) is 56.3 Å². The summed E-state index contributed by atoms with van der Waals surface area (Å²) in [5.41, 5.74) is -1.66. The number of amides is 7. The van der Waals surface area contributed by atoms with Crippen LogP contribution in [0.4, 0.5) is 22.0 Å². The van der Waals surface area contributed by atoms with Crippen LogP contribution in [0.5, 0.6) is 5.75 Å². The van der Waals surface area contributed by atoms with Gasteiger partial charge in [-0.15, -0.1) is 0 Å². The summed E-state index contributed by atoms with van der Waals surface area (Å²) in [6.45, 7) is 9.95. The third-order valence-electron chi connectivity index (χ3n) is 18.6. The van der Waals surface area contributed by atoms with Crippen molar-refractivity contribution < 1.29 is 208 Å². The molecule has 1 aromatic carbocycles. The highest BCUT2D eigenvalue weighted by atomic mass is 19.2. The van der Waals surface area contributed by atoms with E-state index in [0.717, 1.165) is 83.1 Å². The minimum absolute atomic E-state index is 0.0488. The van der Waals surface area contributed by atoms with Gasteiger partial charge in [0.2, 0.25) is 76.2 Å². The van der Waals surface area contributed by atoms with E-state index in [2.05, 4.69) is 42.0 Å². The molecule has 7 amide bonds. The highest BCUT2D eigenvalue weighted by molar-refractivity contribution is 5.81. The summed E-state index contributed by atoms with van der Waals surface area (Å²) in [4.78, 5) is 214. The largest absolute Gasteiger partial charge is 0.463 e. The number of carbonyl (C=O) groups is 17. The monoisotopic (exact) mass is 1910 g/mol. The van der Waals surface area contributed by atoms with E-state index in [-0.39, 0.29) is 138 Å². The Balaban J connectivity index is 1.46. The van der Waals surface area contributed by atoms with E-state index in [1.807, 2.05) is 0 Å². The van der Waals surface area contributed by atoms with Crippen molar-refractivity contribution in [3.8, 4) is 5.75 Å². The van der Waals surface area contributed by atoms with Crippen LogP contribution in [0, 0.1) is 29.1 Å². The van der Waals surface area contributed by atoms with Gasteiger partial charge >= 0.3 is 59.7 Å². The van der Waals surface area contributed by atoms with Gasteiger partial charge in [-0.05, 0) is 25.7 Å². The third-order valence-corrected chi connectivity index (χ3v) is 18.6. The van der Waals surface area contributed by atoms with Crippen molar-refractivity contribution in [2.75, 3.05) is 139 Å². The highest BCUT2D eigenvalue weighted by Gasteiger charge is 2.55. The molecule has 3 saturated heterocycles. The molecule has 132 heavy (non-hydrogen) atoms. The molecular formula is C81H118F5N7O39. The second-order valence-corrected chi connectivity index (χ2v) is 29.6. The number of hydrogen-bond acceptors (Lipinski definition) is 39. The molecule has 0 aromatic heterocycles. The van der Waals surface area contributed by atoms with Gasteiger partial charge in [0.25, 0.3) is 0 Å². The molecule has 51 heteroatoms. The quantitative estimate of drug-likeness (QED) is 0.00792. The zero-order valence-corrected chi connectivity index (χ0v) is 75.2. The molecule has 0 radical (unpaired) electrons. The maximum absolute atomic E-state index is 14.5. The van der Waals surface area contributed by atoms with E-state index in [0.29, 0.717) is 0 Å². The fourth-order valence-corrected chi connectivity index (χ4v) is 13.2. The van der Waals surface area contributed by atoms with E-state index < -0.39 is 292 Å². The number of halogens is 5. The second-order valence-electron chi connectivity index (χ2n) is 29.6. The molecule has 3 aliphatic heterocycles.